The largest absolute Gasteiger partial charge is 0.354 e. The minimum atomic E-state index is 0.759. The maximum Gasteiger partial charge on any atom is 0.0497 e. The molecule has 0 bridgehead atoms. The third-order valence-corrected chi connectivity index (χ3v) is 4.69. The molecule has 1 heterocycles. The molecule has 3 aromatic rings. The van der Waals surface area contributed by atoms with E-state index in [2.05, 4.69) is 70.3 Å². The van der Waals surface area contributed by atoms with Crippen LogP contribution in [0.15, 0.2) is 46.9 Å². The fourth-order valence-corrected chi connectivity index (χ4v) is 3.25. The molecule has 0 saturated carbocycles. The number of unbranched alkanes of at least 4 members (excludes halogenated alkanes) is 1. The van der Waals surface area contributed by atoms with Gasteiger partial charge in [0.1, 0.15) is 0 Å². The smallest absolute Gasteiger partial charge is 0.0497 e. The molecule has 1 aromatic heterocycles. The Kier molecular flexibility index (Phi) is 4.65. The Bertz CT molecular complexity index is 772. The first kappa shape index (κ1) is 15.3. The van der Waals surface area contributed by atoms with E-state index >= 15 is 0 Å². The highest BCUT2D eigenvalue weighted by molar-refractivity contribution is 9.10. The molecule has 3 heteroatoms. The monoisotopic (exact) mass is 356 g/mol. The van der Waals surface area contributed by atoms with Gasteiger partial charge in [0, 0.05) is 21.1 Å². The van der Waals surface area contributed by atoms with Crippen LogP contribution in [0.3, 0.4) is 0 Å². The summed E-state index contributed by atoms with van der Waals surface area (Å²) in [6.07, 6.45) is 3.26. The lowest BCUT2D eigenvalue weighted by Crippen LogP contribution is -1.99. The van der Waals surface area contributed by atoms with Gasteiger partial charge < -0.3 is 10.7 Å². The van der Waals surface area contributed by atoms with E-state index in [9.17, 15) is 0 Å². The molecule has 0 atom stereocenters. The number of benzene rings is 2. The van der Waals surface area contributed by atoms with Crippen LogP contribution in [0.4, 0.5) is 0 Å². The number of H-pyrrole nitrogens is 1. The quantitative estimate of drug-likeness (QED) is 0.607. The second-order valence-electron chi connectivity index (χ2n) is 5.73. The molecular formula is C19H21BrN2. The first-order valence-electron chi connectivity index (χ1n) is 7.77. The van der Waals surface area contributed by atoms with Crippen molar-refractivity contribution in [2.24, 2.45) is 5.73 Å². The molecule has 3 N–H and O–H groups in total. The average Bonchev–Trinajstić information content (AvgIpc) is 2.89. The summed E-state index contributed by atoms with van der Waals surface area (Å²) in [6, 6.07) is 15.0. The van der Waals surface area contributed by atoms with Crippen molar-refractivity contribution >= 4 is 26.8 Å². The molecule has 0 aliphatic rings. The maximum absolute atomic E-state index is 5.66. The second kappa shape index (κ2) is 6.67. The van der Waals surface area contributed by atoms with Crippen molar-refractivity contribution in [3.8, 4) is 11.3 Å². The van der Waals surface area contributed by atoms with Gasteiger partial charge in [0.2, 0.25) is 0 Å². The minimum Gasteiger partial charge on any atom is -0.354 e. The molecule has 3 rings (SSSR count). The highest BCUT2D eigenvalue weighted by Crippen LogP contribution is 2.33. The van der Waals surface area contributed by atoms with E-state index in [1.165, 1.54) is 33.3 Å². The third kappa shape index (κ3) is 2.96. The molecule has 22 heavy (non-hydrogen) atoms. The summed E-state index contributed by atoms with van der Waals surface area (Å²) < 4.78 is 1.10. The molecule has 0 fully saturated rings. The van der Waals surface area contributed by atoms with Crippen LogP contribution < -0.4 is 5.73 Å². The number of hydrogen-bond donors (Lipinski definition) is 2. The Labute approximate surface area is 139 Å². The first-order valence-corrected chi connectivity index (χ1v) is 8.56. The Hall–Kier alpha value is -1.58. The second-order valence-corrected chi connectivity index (χ2v) is 6.64. The molecular weight excluding hydrogens is 336 g/mol. The van der Waals surface area contributed by atoms with Gasteiger partial charge in [-0.15, -0.1) is 0 Å². The van der Waals surface area contributed by atoms with E-state index in [-0.39, 0.29) is 0 Å². The Balaban J connectivity index is 2.12. The van der Waals surface area contributed by atoms with Crippen LogP contribution in [0.5, 0.6) is 0 Å². The molecule has 114 valence electrons. The topological polar surface area (TPSA) is 41.8 Å². The van der Waals surface area contributed by atoms with Gasteiger partial charge in [0.25, 0.3) is 0 Å². The van der Waals surface area contributed by atoms with E-state index in [1.807, 2.05) is 0 Å². The van der Waals surface area contributed by atoms with Gasteiger partial charge in [-0.2, -0.15) is 0 Å². The number of aryl methyl sites for hydroxylation is 2. The Morgan fingerprint density at radius 2 is 1.82 bits per heavy atom. The number of fused-ring (bicyclic) bond motifs is 1. The summed E-state index contributed by atoms with van der Waals surface area (Å²) in [6.45, 7) is 2.92. The van der Waals surface area contributed by atoms with Crippen molar-refractivity contribution in [2.75, 3.05) is 6.54 Å². The van der Waals surface area contributed by atoms with Crippen molar-refractivity contribution in [2.45, 2.75) is 26.2 Å². The molecule has 0 saturated heterocycles. The zero-order chi connectivity index (χ0) is 15.5. The normalized spacial score (nSPS) is 11.2. The van der Waals surface area contributed by atoms with Crippen LogP contribution >= 0.6 is 15.9 Å². The summed E-state index contributed by atoms with van der Waals surface area (Å²) >= 11 is 3.51. The van der Waals surface area contributed by atoms with Crippen LogP contribution in [-0.2, 0) is 6.42 Å². The molecule has 0 aliphatic carbocycles. The zero-order valence-electron chi connectivity index (χ0n) is 12.8. The first-order chi connectivity index (χ1) is 10.7. The fourth-order valence-electron chi connectivity index (χ4n) is 2.99. The number of para-hydroxylation sites is 1. The summed E-state index contributed by atoms with van der Waals surface area (Å²) in [5.41, 5.74) is 12.1. The molecule has 0 amide bonds. The van der Waals surface area contributed by atoms with Crippen LogP contribution in [0, 0.1) is 6.92 Å². The van der Waals surface area contributed by atoms with Crippen LogP contribution in [-0.4, -0.2) is 11.5 Å². The number of nitrogens with two attached hydrogens (primary N) is 1. The fraction of sp³-hybridized carbons (Fsp3) is 0.263. The number of rotatable bonds is 5. The van der Waals surface area contributed by atoms with Gasteiger partial charge in [-0.25, -0.2) is 0 Å². The van der Waals surface area contributed by atoms with Crippen molar-refractivity contribution in [3.63, 3.8) is 0 Å². The van der Waals surface area contributed by atoms with Crippen LogP contribution in [0.1, 0.15) is 24.0 Å². The molecule has 2 nitrogen and oxygen atoms in total. The van der Waals surface area contributed by atoms with E-state index in [0.717, 1.165) is 30.3 Å². The molecule has 2 aromatic carbocycles. The van der Waals surface area contributed by atoms with Gasteiger partial charge >= 0.3 is 0 Å². The number of nitrogens with one attached hydrogen (secondary N) is 1. The SMILES string of the molecule is Cc1cccc2c(CCCCN)c(-c3ccc(Br)cc3)[nH]c12. The van der Waals surface area contributed by atoms with Crippen molar-refractivity contribution in [1.82, 2.24) is 4.98 Å². The number of aromatic amines is 1. The Morgan fingerprint density at radius 3 is 2.55 bits per heavy atom. The summed E-state index contributed by atoms with van der Waals surface area (Å²) in [5, 5.41) is 1.34. The molecule has 0 aliphatic heterocycles. The number of hydrogen-bond acceptors (Lipinski definition) is 1. The van der Waals surface area contributed by atoms with Crippen LogP contribution in [0.2, 0.25) is 0 Å². The average molecular weight is 357 g/mol. The molecule has 0 radical (unpaired) electrons. The zero-order valence-corrected chi connectivity index (χ0v) is 14.4. The van der Waals surface area contributed by atoms with Gasteiger partial charge in [0.15, 0.2) is 0 Å². The summed E-state index contributed by atoms with van der Waals surface area (Å²) in [5.74, 6) is 0. The Morgan fingerprint density at radius 1 is 1.05 bits per heavy atom. The number of halogens is 1. The van der Waals surface area contributed by atoms with Gasteiger partial charge in [0.05, 0.1) is 0 Å². The van der Waals surface area contributed by atoms with Crippen molar-refractivity contribution in [1.29, 1.82) is 0 Å². The molecule has 0 unspecified atom stereocenters. The van der Waals surface area contributed by atoms with Crippen LogP contribution in [0.25, 0.3) is 22.2 Å². The highest BCUT2D eigenvalue weighted by Gasteiger charge is 2.13. The predicted molar refractivity (Wildman–Crippen MR) is 98.2 cm³/mol. The van der Waals surface area contributed by atoms with E-state index in [4.69, 9.17) is 5.73 Å². The maximum atomic E-state index is 5.66. The lowest BCUT2D eigenvalue weighted by Gasteiger charge is -2.05. The third-order valence-electron chi connectivity index (χ3n) is 4.16. The number of aromatic nitrogens is 1. The standard InChI is InChI=1S/C19H21BrN2/c1-13-5-4-7-16-17(6-2-3-12-21)19(22-18(13)16)14-8-10-15(20)11-9-14/h4-5,7-11,22H,2-3,6,12,21H2,1H3. The molecule has 0 spiro atoms. The van der Waals surface area contributed by atoms with Gasteiger partial charge in [-0.05, 0) is 61.6 Å². The van der Waals surface area contributed by atoms with Crippen molar-refractivity contribution < 1.29 is 0 Å². The lowest BCUT2D eigenvalue weighted by molar-refractivity contribution is 0.748. The van der Waals surface area contributed by atoms with Gasteiger partial charge in [-0.1, -0.05) is 46.3 Å². The summed E-state index contributed by atoms with van der Waals surface area (Å²) in [7, 11) is 0. The highest BCUT2D eigenvalue weighted by atomic mass is 79.9. The summed E-state index contributed by atoms with van der Waals surface area (Å²) in [4.78, 5) is 3.65. The van der Waals surface area contributed by atoms with E-state index < -0.39 is 0 Å². The van der Waals surface area contributed by atoms with E-state index in [0.29, 0.717) is 0 Å². The lowest BCUT2D eigenvalue weighted by atomic mass is 9.99. The van der Waals surface area contributed by atoms with Gasteiger partial charge in [-0.3, -0.25) is 0 Å². The van der Waals surface area contributed by atoms with Crippen molar-refractivity contribution in [3.05, 3.63) is 58.1 Å². The minimum absolute atomic E-state index is 0.759. The predicted octanol–water partition coefficient (Wildman–Crippen LogP) is 5.19. The van der Waals surface area contributed by atoms with E-state index in [1.54, 1.807) is 0 Å².